The SMILES string of the molecule is CNC1(CO)CCCC(Oc2ccc3ccccc3c2)C1. The molecule has 1 aliphatic carbocycles. The Morgan fingerprint density at radius 1 is 1.24 bits per heavy atom. The maximum absolute atomic E-state index is 9.65. The first kappa shape index (κ1) is 14.4. The molecule has 0 radical (unpaired) electrons. The average Bonchev–Trinajstić information content (AvgIpc) is 2.55. The van der Waals surface area contributed by atoms with Crippen LogP contribution in [0.25, 0.3) is 10.8 Å². The van der Waals surface area contributed by atoms with Gasteiger partial charge in [0, 0.05) is 12.0 Å². The van der Waals surface area contributed by atoms with E-state index in [4.69, 9.17) is 4.74 Å². The summed E-state index contributed by atoms with van der Waals surface area (Å²) in [6.07, 6.45) is 4.17. The molecule has 1 aliphatic rings. The minimum Gasteiger partial charge on any atom is -0.490 e. The molecule has 112 valence electrons. The van der Waals surface area contributed by atoms with Crippen LogP contribution in [0.15, 0.2) is 42.5 Å². The summed E-state index contributed by atoms with van der Waals surface area (Å²) in [7, 11) is 1.93. The fourth-order valence-electron chi connectivity index (χ4n) is 3.29. The van der Waals surface area contributed by atoms with Gasteiger partial charge in [0.05, 0.1) is 6.61 Å². The molecule has 0 saturated heterocycles. The molecule has 1 saturated carbocycles. The van der Waals surface area contributed by atoms with Crippen molar-refractivity contribution in [3.8, 4) is 5.75 Å². The van der Waals surface area contributed by atoms with E-state index in [-0.39, 0.29) is 18.2 Å². The second-order valence-corrected chi connectivity index (χ2v) is 6.03. The van der Waals surface area contributed by atoms with Crippen LogP contribution in [-0.4, -0.2) is 30.4 Å². The summed E-state index contributed by atoms with van der Waals surface area (Å²) in [4.78, 5) is 0. The molecule has 0 spiro atoms. The number of aliphatic hydroxyl groups is 1. The van der Waals surface area contributed by atoms with Crippen molar-refractivity contribution in [2.75, 3.05) is 13.7 Å². The molecule has 0 heterocycles. The number of hydrogen-bond donors (Lipinski definition) is 2. The number of nitrogens with one attached hydrogen (secondary N) is 1. The van der Waals surface area contributed by atoms with Crippen LogP contribution in [0.1, 0.15) is 25.7 Å². The third-order valence-electron chi connectivity index (χ3n) is 4.66. The predicted molar refractivity (Wildman–Crippen MR) is 85.7 cm³/mol. The maximum Gasteiger partial charge on any atom is 0.120 e. The molecule has 1 fully saturated rings. The van der Waals surface area contributed by atoms with Crippen LogP contribution < -0.4 is 10.1 Å². The summed E-state index contributed by atoms with van der Waals surface area (Å²) in [6.45, 7) is 0.168. The highest BCUT2D eigenvalue weighted by Gasteiger charge is 2.35. The molecule has 0 amide bonds. The Kier molecular flexibility index (Phi) is 4.13. The largest absolute Gasteiger partial charge is 0.490 e. The summed E-state index contributed by atoms with van der Waals surface area (Å²) in [5.41, 5.74) is -0.181. The van der Waals surface area contributed by atoms with Gasteiger partial charge in [-0.3, -0.25) is 0 Å². The van der Waals surface area contributed by atoms with E-state index in [0.29, 0.717) is 0 Å². The Morgan fingerprint density at radius 3 is 2.81 bits per heavy atom. The summed E-state index contributed by atoms with van der Waals surface area (Å²) >= 11 is 0. The first-order valence-corrected chi connectivity index (χ1v) is 7.70. The van der Waals surface area contributed by atoms with Gasteiger partial charge >= 0.3 is 0 Å². The average molecular weight is 285 g/mol. The number of hydrogen-bond acceptors (Lipinski definition) is 3. The number of benzene rings is 2. The summed E-state index contributed by atoms with van der Waals surface area (Å²) < 4.78 is 6.17. The fraction of sp³-hybridized carbons (Fsp3) is 0.444. The Morgan fingerprint density at radius 2 is 2.05 bits per heavy atom. The lowest BCUT2D eigenvalue weighted by Crippen LogP contribution is -2.52. The molecular weight excluding hydrogens is 262 g/mol. The van der Waals surface area contributed by atoms with E-state index < -0.39 is 0 Å². The number of likely N-dealkylation sites (N-methyl/N-ethyl adjacent to an activating group) is 1. The fourth-order valence-corrected chi connectivity index (χ4v) is 3.29. The standard InChI is InChI=1S/C18H23NO2/c1-19-18(13-20)10-4-7-17(12-18)21-16-9-8-14-5-2-3-6-15(14)11-16/h2-3,5-6,8-9,11,17,19-20H,4,7,10,12-13H2,1H3. The molecule has 3 heteroatoms. The Labute approximate surface area is 125 Å². The van der Waals surface area contributed by atoms with E-state index >= 15 is 0 Å². The molecule has 21 heavy (non-hydrogen) atoms. The summed E-state index contributed by atoms with van der Waals surface area (Å²) in [5, 5.41) is 15.4. The van der Waals surface area contributed by atoms with Crippen LogP contribution in [0.2, 0.25) is 0 Å². The Bertz CT molecular complexity index is 607. The number of rotatable bonds is 4. The predicted octanol–water partition coefficient (Wildman–Crippen LogP) is 3.11. The quantitative estimate of drug-likeness (QED) is 0.907. The minimum absolute atomic E-state index is 0.166. The van der Waals surface area contributed by atoms with Crippen molar-refractivity contribution in [2.24, 2.45) is 0 Å². The van der Waals surface area contributed by atoms with Gasteiger partial charge in [0.1, 0.15) is 11.9 Å². The molecule has 2 unspecified atom stereocenters. The monoisotopic (exact) mass is 285 g/mol. The molecule has 3 nitrogen and oxygen atoms in total. The zero-order chi connectivity index (χ0) is 14.7. The van der Waals surface area contributed by atoms with Gasteiger partial charge in [-0.2, -0.15) is 0 Å². The third-order valence-corrected chi connectivity index (χ3v) is 4.66. The van der Waals surface area contributed by atoms with E-state index in [1.807, 2.05) is 25.2 Å². The molecule has 2 aromatic carbocycles. The molecule has 3 rings (SSSR count). The van der Waals surface area contributed by atoms with Gasteiger partial charge < -0.3 is 15.2 Å². The number of ether oxygens (including phenoxy) is 1. The van der Waals surface area contributed by atoms with Crippen LogP contribution >= 0.6 is 0 Å². The topological polar surface area (TPSA) is 41.5 Å². The number of fused-ring (bicyclic) bond motifs is 1. The molecule has 2 aromatic rings. The summed E-state index contributed by atoms with van der Waals surface area (Å²) in [6, 6.07) is 14.6. The highest BCUT2D eigenvalue weighted by molar-refractivity contribution is 5.83. The normalized spacial score (nSPS) is 25.9. The molecule has 2 atom stereocenters. The Hall–Kier alpha value is -1.58. The lowest BCUT2D eigenvalue weighted by atomic mass is 9.81. The van der Waals surface area contributed by atoms with E-state index in [1.54, 1.807) is 0 Å². The maximum atomic E-state index is 9.65. The lowest BCUT2D eigenvalue weighted by molar-refractivity contribution is 0.0555. The highest BCUT2D eigenvalue weighted by atomic mass is 16.5. The van der Waals surface area contributed by atoms with Crippen molar-refractivity contribution in [1.82, 2.24) is 5.32 Å². The van der Waals surface area contributed by atoms with Gasteiger partial charge in [-0.05, 0) is 49.2 Å². The first-order valence-electron chi connectivity index (χ1n) is 7.70. The van der Waals surface area contributed by atoms with Crippen LogP contribution in [-0.2, 0) is 0 Å². The van der Waals surface area contributed by atoms with Crippen LogP contribution in [0, 0.1) is 0 Å². The molecule has 0 bridgehead atoms. The van der Waals surface area contributed by atoms with Crippen molar-refractivity contribution >= 4 is 10.8 Å². The first-order chi connectivity index (χ1) is 10.2. The lowest BCUT2D eigenvalue weighted by Gasteiger charge is -2.39. The smallest absolute Gasteiger partial charge is 0.120 e. The van der Waals surface area contributed by atoms with Gasteiger partial charge in [-0.25, -0.2) is 0 Å². The second-order valence-electron chi connectivity index (χ2n) is 6.03. The van der Waals surface area contributed by atoms with Crippen molar-refractivity contribution in [3.63, 3.8) is 0 Å². The second kappa shape index (κ2) is 6.04. The minimum atomic E-state index is -0.181. The van der Waals surface area contributed by atoms with Crippen molar-refractivity contribution in [3.05, 3.63) is 42.5 Å². The van der Waals surface area contributed by atoms with Gasteiger partial charge in [-0.1, -0.05) is 30.3 Å². The van der Waals surface area contributed by atoms with Crippen LogP contribution in [0.5, 0.6) is 5.75 Å². The van der Waals surface area contributed by atoms with E-state index in [9.17, 15) is 5.11 Å². The highest BCUT2D eigenvalue weighted by Crippen LogP contribution is 2.31. The van der Waals surface area contributed by atoms with Crippen LogP contribution in [0.3, 0.4) is 0 Å². The van der Waals surface area contributed by atoms with E-state index in [0.717, 1.165) is 31.4 Å². The van der Waals surface area contributed by atoms with Crippen LogP contribution in [0.4, 0.5) is 0 Å². The third kappa shape index (κ3) is 3.04. The van der Waals surface area contributed by atoms with Gasteiger partial charge in [0.25, 0.3) is 0 Å². The van der Waals surface area contributed by atoms with Gasteiger partial charge in [0.2, 0.25) is 0 Å². The molecule has 2 N–H and O–H groups in total. The zero-order valence-electron chi connectivity index (χ0n) is 12.5. The zero-order valence-corrected chi connectivity index (χ0v) is 12.5. The van der Waals surface area contributed by atoms with E-state index in [1.165, 1.54) is 10.8 Å². The van der Waals surface area contributed by atoms with Crippen molar-refractivity contribution in [2.45, 2.75) is 37.3 Å². The van der Waals surface area contributed by atoms with Crippen molar-refractivity contribution in [1.29, 1.82) is 0 Å². The van der Waals surface area contributed by atoms with E-state index in [2.05, 4.69) is 29.6 Å². The van der Waals surface area contributed by atoms with Crippen molar-refractivity contribution < 1.29 is 9.84 Å². The van der Waals surface area contributed by atoms with Gasteiger partial charge in [-0.15, -0.1) is 0 Å². The Balaban J connectivity index is 1.75. The molecule has 0 aromatic heterocycles. The molecule has 0 aliphatic heterocycles. The number of aliphatic hydroxyl groups excluding tert-OH is 1. The van der Waals surface area contributed by atoms with Gasteiger partial charge in [0.15, 0.2) is 0 Å². The summed E-state index contributed by atoms with van der Waals surface area (Å²) in [5.74, 6) is 0.920. The molecular formula is C18H23NO2.